The van der Waals surface area contributed by atoms with Crippen LogP contribution in [0.3, 0.4) is 0 Å². The summed E-state index contributed by atoms with van der Waals surface area (Å²) in [5, 5.41) is 3.39. The van der Waals surface area contributed by atoms with Gasteiger partial charge in [-0.2, -0.15) is 0 Å². The van der Waals surface area contributed by atoms with Crippen LogP contribution in [0, 0.1) is 0 Å². The van der Waals surface area contributed by atoms with Gasteiger partial charge in [0.25, 0.3) is 0 Å². The Labute approximate surface area is 118 Å². The van der Waals surface area contributed by atoms with Gasteiger partial charge in [0.15, 0.2) is 5.75 Å². The SMILES string of the molecule is CCOc1cc(Oc2cccc3c2NCCC3)ncn1. The van der Waals surface area contributed by atoms with E-state index >= 15 is 0 Å². The van der Waals surface area contributed by atoms with Crippen molar-refractivity contribution >= 4 is 5.69 Å². The van der Waals surface area contributed by atoms with Gasteiger partial charge in [-0.3, -0.25) is 0 Å². The van der Waals surface area contributed by atoms with E-state index in [0.29, 0.717) is 18.4 Å². The smallest absolute Gasteiger partial charge is 0.226 e. The fourth-order valence-corrected chi connectivity index (χ4v) is 2.28. The summed E-state index contributed by atoms with van der Waals surface area (Å²) >= 11 is 0. The molecule has 0 fully saturated rings. The molecule has 2 heterocycles. The molecule has 5 heteroatoms. The Morgan fingerprint density at radius 3 is 3.05 bits per heavy atom. The van der Waals surface area contributed by atoms with Crippen LogP contribution in [0.2, 0.25) is 0 Å². The molecule has 1 N–H and O–H groups in total. The van der Waals surface area contributed by atoms with E-state index in [2.05, 4.69) is 21.4 Å². The highest BCUT2D eigenvalue weighted by molar-refractivity contribution is 5.64. The molecule has 0 unspecified atom stereocenters. The molecule has 2 aromatic rings. The minimum absolute atomic E-state index is 0.490. The Hall–Kier alpha value is -2.30. The van der Waals surface area contributed by atoms with E-state index in [9.17, 15) is 0 Å². The molecule has 0 aliphatic carbocycles. The zero-order chi connectivity index (χ0) is 13.8. The molecule has 104 valence electrons. The van der Waals surface area contributed by atoms with Crippen LogP contribution in [0.15, 0.2) is 30.6 Å². The summed E-state index contributed by atoms with van der Waals surface area (Å²) in [6, 6.07) is 7.77. The van der Waals surface area contributed by atoms with Crippen molar-refractivity contribution in [2.75, 3.05) is 18.5 Å². The average Bonchev–Trinajstić information content (AvgIpc) is 2.48. The maximum Gasteiger partial charge on any atom is 0.226 e. The van der Waals surface area contributed by atoms with Gasteiger partial charge in [-0.25, -0.2) is 9.97 Å². The van der Waals surface area contributed by atoms with Gasteiger partial charge in [-0.1, -0.05) is 12.1 Å². The molecular formula is C15H17N3O2. The molecule has 1 aliphatic heterocycles. The van der Waals surface area contributed by atoms with Gasteiger partial charge < -0.3 is 14.8 Å². The summed E-state index contributed by atoms with van der Waals surface area (Å²) in [5.41, 5.74) is 2.35. The van der Waals surface area contributed by atoms with Crippen LogP contribution in [0.4, 0.5) is 5.69 Å². The molecule has 1 aliphatic rings. The van der Waals surface area contributed by atoms with E-state index in [1.165, 1.54) is 11.9 Å². The third-order valence-electron chi connectivity index (χ3n) is 3.16. The Bertz CT molecular complexity index is 601. The number of nitrogens with zero attached hydrogens (tertiary/aromatic N) is 2. The van der Waals surface area contributed by atoms with Gasteiger partial charge in [0.1, 0.15) is 6.33 Å². The lowest BCUT2D eigenvalue weighted by molar-refractivity contribution is 0.323. The number of benzene rings is 1. The maximum atomic E-state index is 5.87. The average molecular weight is 271 g/mol. The number of aryl methyl sites for hydroxylation is 1. The van der Waals surface area contributed by atoms with Crippen LogP contribution in [0.1, 0.15) is 18.9 Å². The van der Waals surface area contributed by atoms with Crippen molar-refractivity contribution in [1.29, 1.82) is 0 Å². The summed E-state index contributed by atoms with van der Waals surface area (Å²) in [6.07, 6.45) is 3.68. The molecule has 0 saturated heterocycles. The fourth-order valence-electron chi connectivity index (χ4n) is 2.28. The summed E-state index contributed by atoms with van der Waals surface area (Å²) in [6.45, 7) is 3.46. The zero-order valence-corrected chi connectivity index (χ0v) is 11.4. The maximum absolute atomic E-state index is 5.87. The van der Waals surface area contributed by atoms with Gasteiger partial charge in [-0.15, -0.1) is 0 Å². The number of fused-ring (bicyclic) bond motifs is 1. The fraction of sp³-hybridized carbons (Fsp3) is 0.333. The molecule has 1 aromatic heterocycles. The molecule has 0 spiro atoms. The van der Waals surface area contributed by atoms with Crippen LogP contribution >= 0.6 is 0 Å². The van der Waals surface area contributed by atoms with Gasteiger partial charge >= 0.3 is 0 Å². The molecule has 1 aromatic carbocycles. The first kappa shape index (κ1) is 12.7. The van der Waals surface area contributed by atoms with Crippen molar-refractivity contribution in [2.45, 2.75) is 19.8 Å². The van der Waals surface area contributed by atoms with E-state index in [1.54, 1.807) is 6.07 Å². The number of hydrogen-bond donors (Lipinski definition) is 1. The Balaban J connectivity index is 1.86. The van der Waals surface area contributed by atoms with E-state index < -0.39 is 0 Å². The van der Waals surface area contributed by atoms with Crippen LogP contribution in [-0.4, -0.2) is 23.1 Å². The Morgan fingerprint density at radius 2 is 2.15 bits per heavy atom. The predicted molar refractivity (Wildman–Crippen MR) is 76.5 cm³/mol. The second-order valence-corrected chi connectivity index (χ2v) is 4.55. The van der Waals surface area contributed by atoms with Crippen LogP contribution in [0.5, 0.6) is 17.5 Å². The number of para-hydroxylation sites is 1. The van der Waals surface area contributed by atoms with E-state index in [0.717, 1.165) is 30.8 Å². The second-order valence-electron chi connectivity index (χ2n) is 4.55. The summed E-state index contributed by atoms with van der Waals surface area (Å²) in [5.74, 6) is 1.81. The molecule has 0 atom stereocenters. The highest BCUT2D eigenvalue weighted by Crippen LogP contribution is 2.34. The van der Waals surface area contributed by atoms with E-state index in [4.69, 9.17) is 9.47 Å². The van der Waals surface area contributed by atoms with E-state index in [-0.39, 0.29) is 0 Å². The van der Waals surface area contributed by atoms with Gasteiger partial charge in [0.2, 0.25) is 11.8 Å². The minimum Gasteiger partial charge on any atom is -0.478 e. The number of anilines is 1. The van der Waals surface area contributed by atoms with Crippen molar-refractivity contribution in [1.82, 2.24) is 9.97 Å². The van der Waals surface area contributed by atoms with Crippen molar-refractivity contribution in [3.05, 3.63) is 36.2 Å². The van der Waals surface area contributed by atoms with E-state index in [1.807, 2.05) is 19.1 Å². The number of ether oxygens (including phenoxy) is 2. The highest BCUT2D eigenvalue weighted by atomic mass is 16.5. The normalized spacial score (nSPS) is 13.2. The number of hydrogen-bond acceptors (Lipinski definition) is 5. The molecule has 0 bridgehead atoms. The van der Waals surface area contributed by atoms with Gasteiger partial charge in [0, 0.05) is 6.54 Å². The molecule has 3 rings (SSSR count). The summed E-state index contributed by atoms with van der Waals surface area (Å²) < 4.78 is 11.2. The molecule has 0 saturated carbocycles. The third-order valence-corrected chi connectivity index (χ3v) is 3.16. The van der Waals surface area contributed by atoms with Crippen molar-refractivity contribution in [3.63, 3.8) is 0 Å². The lowest BCUT2D eigenvalue weighted by Gasteiger charge is -2.20. The first-order chi connectivity index (χ1) is 9.86. The van der Waals surface area contributed by atoms with Crippen molar-refractivity contribution in [2.24, 2.45) is 0 Å². The summed E-state index contributed by atoms with van der Waals surface area (Å²) in [4.78, 5) is 8.15. The predicted octanol–water partition coefficient (Wildman–Crippen LogP) is 3.03. The second kappa shape index (κ2) is 5.77. The largest absolute Gasteiger partial charge is 0.478 e. The van der Waals surface area contributed by atoms with Crippen LogP contribution < -0.4 is 14.8 Å². The number of nitrogens with one attached hydrogen (secondary N) is 1. The first-order valence-corrected chi connectivity index (χ1v) is 6.85. The Kier molecular flexibility index (Phi) is 3.67. The molecule has 20 heavy (non-hydrogen) atoms. The lowest BCUT2D eigenvalue weighted by Crippen LogP contribution is -2.12. The van der Waals surface area contributed by atoms with Crippen molar-refractivity contribution < 1.29 is 9.47 Å². The minimum atomic E-state index is 0.490. The monoisotopic (exact) mass is 271 g/mol. The number of aromatic nitrogens is 2. The molecular weight excluding hydrogens is 254 g/mol. The van der Waals surface area contributed by atoms with Gasteiger partial charge in [0.05, 0.1) is 18.4 Å². The third kappa shape index (κ3) is 2.66. The molecule has 0 amide bonds. The van der Waals surface area contributed by atoms with Crippen molar-refractivity contribution in [3.8, 4) is 17.5 Å². The lowest BCUT2D eigenvalue weighted by atomic mass is 10.0. The molecule has 0 radical (unpaired) electrons. The van der Waals surface area contributed by atoms with Crippen LogP contribution in [0.25, 0.3) is 0 Å². The highest BCUT2D eigenvalue weighted by Gasteiger charge is 2.14. The van der Waals surface area contributed by atoms with Crippen LogP contribution in [-0.2, 0) is 6.42 Å². The molecule has 5 nitrogen and oxygen atoms in total. The Morgan fingerprint density at radius 1 is 1.25 bits per heavy atom. The summed E-state index contributed by atoms with van der Waals surface area (Å²) in [7, 11) is 0. The number of rotatable bonds is 4. The van der Waals surface area contributed by atoms with Gasteiger partial charge in [-0.05, 0) is 31.4 Å². The first-order valence-electron chi connectivity index (χ1n) is 6.85. The zero-order valence-electron chi connectivity index (χ0n) is 11.4. The quantitative estimate of drug-likeness (QED) is 0.926. The topological polar surface area (TPSA) is 56.3 Å². The standard InChI is InChI=1S/C15H17N3O2/c1-2-19-13-9-14(18-10-17-13)20-12-7-3-5-11-6-4-8-16-15(11)12/h3,5,7,9-10,16H,2,4,6,8H2,1H3.